The van der Waals surface area contributed by atoms with Gasteiger partial charge >= 0.3 is 12.2 Å². The molecule has 0 aliphatic heterocycles. The quantitative estimate of drug-likeness (QED) is 0.263. The number of pyridine rings is 1. The van der Waals surface area contributed by atoms with Gasteiger partial charge in [0.2, 0.25) is 0 Å². The Balaban J connectivity index is 1.51. The van der Waals surface area contributed by atoms with E-state index in [0.717, 1.165) is 11.3 Å². The second-order valence-electron chi connectivity index (χ2n) is 8.05. The molecule has 10 nitrogen and oxygen atoms in total. The second kappa shape index (κ2) is 10.5. The van der Waals surface area contributed by atoms with Crippen LogP contribution in [0.3, 0.4) is 0 Å². The van der Waals surface area contributed by atoms with Crippen LogP contribution in [0.1, 0.15) is 15.9 Å². The molecule has 1 aromatic carbocycles. The molecular weight excluding hydrogens is 516 g/mol. The molecule has 0 saturated carbocycles. The summed E-state index contributed by atoms with van der Waals surface area (Å²) >= 11 is 0.998. The summed E-state index contributed by atoms with van der Waals surface area (Å²) in [6, 6.07) is 2.27. The predicted molar refractivity (Wildman–Crippen MR) is 130 cm³/mol. The number of aromatic amines is 1. The van der Waals surface area contributed by atoms with Crippen molar-refractivity contribution in [3.8, 4) is 10.6 Å². The van der Waals surface area contributed by atoms with E-state index in [9.17, 15) is 27.2 Å². The van der Waals surface area contributed by atoms with Crippen LogP contribution in [0.25, 0.3) is 21.6 Å². The van der Waals surface area contributed by atoms with E-state index in [-0.39, 0.29) is 11.0 Å². The second-order valence-corrected chi connectivity index (χ2v) is 9.08. The summed E-state index contributed by atoms with van der Waals surface area (Å²) in [6.07, 6.45) is -1.80. The summed E-state index contributed by atoms with van der Waals surface area (Å²) < 4.78 is 52.6. The molecule has 0 fully saturated rings. The van der Waals surface area contributed by atoms with E-state index in [4.69, 9.17) is 0 Å². The van der Waals surface area contributed by atoms with Crippen LogP contribution >= 0.6 is 11.3 Å². The number of hydrogen-bond donors (Lipinski definition) is 4. The van der Waals surface area contributed by atoms with Crippen LogP contribution in [-0.4, -0.2) is 64.2 Å². The van der Waals surface area contributed by atoms with Crippen molar-refractivity contribution in [1.29, 1.82) is 0 Å². The number of carbonyl (C=O) groups excluding carboxylic acids is 2. The molecule has 0 saturated heterocycles. The molecule has 15 heteroatoms. The van der Waals surface area contributed by atoms with Gasteiger partial charge in [-0.1, -0.05) is 11.3 Å². The SMILES string of the molecule is CN(C)CCNC(=O)c1cc(-c2cnc(NC(=O)Nc3cc(C(F)(F)F)ccc3F)s2)nc2[nH]ncc12. The van der Waals surface area contributed by atoms with Gasteiger partial charge in [-0.2, -0.15) is 18.3 Å². The van der Waals surface area contributed by atoms with Crippen LogP contribution in [0.15, 0.2) is 36.7 Å². The Kier molecular flexibility index (Phi) is 7.35. The Bertz CT molecular complexity index is 1450. The number of aromatic nitrogens is 4. The van der Waals surface area contributed by atoms with Crippen molar-refractivity contribution < 1.29 is 27.2 Å². The van der Waals surface area contributed by atoms with Gasteiger partial charge in [-0.25, -0.2) is 19.2 Å². The van der Waals surface area contributed by atoms with Crippen LogP contribution in [-0.2, 0) is 6.18 Å². The van der Waals surface area contributed by atoms with Crippen LogP contribution in [0.2, 0.25) is 0 Å². The molecule has 4 rings (SSSR count). The number of amides is 3. The van der Waals surface area contributed by atoms with E-state index in [1.165, 1.54) is 12.4 Å². The van der Waals surface area contributed by atoms with Gasteiger partial charge in [-0.3, -0.25) is 15.2 Å². The molecule has 0 aliphatic rings. The molecule has 3 heterocycles. The average molecular weight is 537 g/mol. The molecule has 3 aromatic heterocycles. The number of urea groups is 1. The first-order valence-electron chi connectivity index (χ1n) is 10.7. The Hall–Kier alpha value is -4.11. The van der Waals surface area contributed by atoms with Gasteiger partial charge < -0.3 is 15.5 Å². The van der Waals surface area contributed by atoms with Crippen molar-refractivity contribution in [2.24, 2.45) is 0 Å². The van der Waals surface area contributed by atoms with Crippen LogP contribution in [0.4, 0.5) is 33.2 Å². The fourth-order valence-electron chi connectivity index (χ4n) is 3.23. The van der Waals surface area contributed by atoms with E-state index in [1.807, 2.05) is 24.3 Å². The molecule has 0 bridgehead atoms. The fourth-order valence-corrected chi connectivity index (χ4v) is 4.00. The van der Waals surface area contributed by atoms with Crippen LogP contribution in [0.5, 0.6) is 0 Å². The monoisotopic (exact) mass is 536 g/mol. The highest BCUT2D eigenvalue weighted by Gasteiger charge is 2.31. The first-order valence-corrected chi connectivity index (χ1v) is 11.5. The number of nitrogens with zero attached hydrogens (tertiary/aromatic N) is 4. The number of rotatable bonds is 7. The number of benzene rings is 1. The summed E-state index contributed by atoms with van der Waals surface area (Å²) in [5, 5.41) is 14.5. The number of alkyl halides is 3. The third-order valence-corrected chi connectivity index (χ3v) is 5.97. The molecule has 0 aliphatic carbocycles. The Morgan fingerprint density at radius 3 is 2.65 bits per heavy atom. The molecule has 0 unspecified atom stereocenters. The zero-order valence-corrected chi connectivity index (χ0v) is 20.2. The summed E-state index contributed by atoms with van der Waals surface area (Å²) in [5.74, 6) is -1.35. The molecule has 3 amide bonds. The molecule has 0 spiro atoms. The van der Waals surface area contributed by atoms with E-state index < -0.39 is 29.3 Å². The number of carbonyl (C=O) groups is 2. The summed E-state index contributed by atoms with van der Waals surface area (Å²) in [7, 11) is 3.77. The topological polar surface area (TPSA) is 128 Å². The number of anilines is 2. The maximum absolute atomic E-state index is 13.9. The lowest BCUT2D eigenvalue weighted by Gasteiger charge is -2.11. The van der Waals surface area contributed by atoms with E-state index >= 15 is 0 Å². The van der Waals surface area contributed by atoms with Gasteiger partial charge in [-0.15, -0.1) is 0 Å². The number of likely N-dealkylation sites (N-methyl/N-ethyl adjacent to an activating group) is 1. The molecule has 4 aromatic rings. The molecule has 37 heavy (non-hydrogen) atoms. The number of thiazole rings is 1. The van der Waals surface area contributed by atoms with Crippen LogP contribution < -0.4 is 16.0 Å². The van der Waals surface area contributed by atoms with E-state index in [1.54, 1.807) is 6.07 Å². The number of fused-ring (bicyclic) bond motifs is 1. The minimum absolute atomic E-state index is 0.0726. The van der Waals surface area contributed by atoms with E-state index in [0.29, 0.717) is 58.5 Å². The Morgan fingerprint density at radius 2 is 1.92 bits per heavy atom. The van der Waals surface area contributed by atoms with Crippen molar-refractivity contribution in [2.45, 2.75) is 6.18 Å². The third-order valence-electron chi connectivity index (χ3n) is 5.03. The van der Waals surface area contributed by atoms with Gasteiger partial charge in [0.05, 0.1) is 39.0 Å². The summed E-state index contributed by atoms with van der Waals surface area (Å²) in [6.45, 7) is 1.08. The summed E-state index contributed by atoms with van der Waals surface area (Å²) in [5.41, 5.74) is -0.656. The first kappa shape index (κ1) is 26.0. The highest BCUT2D eigenvalue weighted by molar-refractivity contribution is 7.19. The van der Waals surface area contributed by atoms with Crippen molar-refractivity contribution in [3.63, 3.8) is 0 Å². The minimum Gasteiger partial charge on any atom is -0.351 e. The van der Waals surface area contributed by atoms with Gasteiger partial charge in [0.25, 0.3) is 5.91 Å². The van der Waals surface area contributed by atoms with Gasteiger partial charge in [0, 0.05) is 19.3 Å². The Labute approximate surface area is 211 Å². The highest BCUT2D eigenvalue weighted by Crippen LogP contribution is 2.33. The van der Waals surface area contributed by atoms with Gasteiger partial charge in [0.15, 0.2) is 10.8 Å². The number of hydrogen-bond acceptors (Lipinski definition) is 7. The number of halogens is 4. The average Bonchev–Trinajstić information content (AvgIpc) is 3.48. The molecule has 0 radical (unpaired) electrons. The predicted octanol–water partition coefficient (Wildman–Crippen LogP) is 4.17. The van der Waals surface area contributed by atoms with Gasteiger partial charge in [-0.05, 0) is 38.4 Å². The highest BCUT2D eigenvalue weighted by atomic mass is 32.1. The smallest absolute Gasteiger partial charge is 0.351 e. The maximum Gasteiger partial charge on any atom is 0.416 e. The van der Waals surface area contributed by atoms with Crippen molar-refractivity contribution in [3.05, 3.63) is 53.6 Å². The molecule has 4 N–H and O–H groups in total. The molecule has 194 valence electrons. The zero-order chi connectivity index (χ0) is 26.7. The van der Waals surface area contributed by atoms with Crippen LogP contribution in [0, 0.1) is 5.82 Å². The van der Waals surface area contributed by atoms with Crippen molar-refractivity contribution in [1.82, 2.24) is 30.4 Å². The summed E-state index contributed by atoms with van der Waals surface area (Å²) in [4.78, 5) is 36.0. The third kappa shape index (κ3) is 6.18. The lowest BCUT2D eigenvalue weighted by atomic mass is 10.1. The number of nitrogens with one attached hydrogen (secondary N) is 4. The van der Waals surface area contributed by atoms with E-state index in [2.05, 4.69) is 30.8 Å². The Morgan fingerprint density at radius 1 is 1.14 bits per heavy atom. The largest absolute Gasteiger partial charge is 0.416 e. The maximum atomic E-state index is 13.9. The lowest BCUT2D eigenvalue weighted by molar-refractivity contribution is -0.137. The minimum atomic E-state index is -4.70. The number of H-pyrrole nitrogens is 1. The van der Waals surface area contributed by atoms with Crippen molar-refractivity contribution in [2.75, 3.05) is 37.8 Å². The first-order chi connectivity index (χ1) is 17.5. The van der Waals surface area contributed by atoms with Gasteiger partial charge in [0.1, 0.15) is 5.82 Å². The normalized spacial score (nSPS) is 11.6. The molecule has 0 atom stereocenters. The lowest BCUT2D eigenvalue weighted by Crippen LogP contribution is -2.31. The fraction of sp³-hybridized carbons (Fsp3) is 0.227. The van der Waals surface area contributed by atoms with Crippen molar-refractivity contribution >= 4 is 45.1 Å². The standard InChI is InChI=1S/C22H20F4N8O2S/c1-34(2)6-5-27-19(35)12-8-16(30-18-13(12)9-29-33-18)17-10-28-21(37-17)32-20(36)31-15-7-11(22(24,25)26)3-4-14(15)23/h3-4,7-10H,5-6H2,1-2H3,(H,27,35)(H,29,30,33)(H2,28,31,32,36). The molecular formula is C22H20F4N8O2S. The zero-order valence-electron chi connectivity index (χ0n) is 19.4.